The molecule has 1 amide bonds. The van der Waals surface area contributed by atoms with Gasteiger partial charge in [0, 0.05) is 0 Å². The van der Waals surface area contributed by atoms with E-state index in [0.29, 0.717) is 5.52 Å². The summed E-state index contributed by atoms with van der Waals surface area (Å²) < 4.78 is 13.6. The second kappa shape index (κ2) is 3.98. The van der Waals surface area contributed by atoms with E-state index in [-0.39, 0.29) is 41.8 Å². The molecule has 3 rings (SSSR count). The van der Waals surface area contributed by atoms with E-state index >= 15 is 0 Å². The van der Waals surface area contributed by atoms with Crippen LogP contribution in [0.3, 0.4) is 0 Å². The first-order chi connectivity index (χ1) is 9.06. The third-order valence-corrected chi connectivity index (χ3v) is 2.91. The number of nitrogen functional groups attached to an aromatic ring is 1. The van der Waals surface area contributed by atoms with E-state index in [4.69, 9.17) is 5.73 Å². The van der Waals surface area contributed by atoms with Crippen molar-refractivity contribution in [1.82, 2.24) is 9.97 Å². The molecule has 2 heterocycles. The highest BCUT2D eigenvalue weighted by Gasteiger charge is 2.31. The summed E-state index contributed by atoms with van der Waals surface area (Å²) in [6.07, 6.45) is -0.162. The average molecular weight is 260 g/mol. The lowest BCUT2D eigenvalue weighted by atomic mass is 10.2. The molecule has 0 radical (unpaired) electrons. The largest absolute Gasteiger partial charge is 0.383 e. The van der Waals surface area contributed by atoms with E-state index in [0.717, 1.165) is 4.90 Å². The number of hydrogen-bond acceptors (Lipinski definition) is 5. The normalized spacial score (nSPS) is 15.5. The van der Waals surface area contributed by atoms with Crippen molar-refractivity contribution in [2.75, 3.05) is 17.2 Å². The highest BCUT2D eigenvalue weighted by atomic mass is 19.1. The summed E-state index contributed by atoms with van der Waals surface area (Å²) >= 11 is 0. The number of nitrogens with two attached hydrogens (primary N) is 1. The number of aromatic nitrogens is 2. The quantitative estimate of drug-likeness (QED) is 0.761. The highest BCUT2D eigenvalue weighted by molar-refractivity contribution is 6.14. The molecule has 0 saturated carbocycles. The summed E-state index contributed by atoms with van der Waals surface area (Å²) in [4.78, 5) is 32.0. The first-order valence-electron chi connectivity index (χ1n) is 5.60. The molecule has 96 valence electrons. The smallest absolute Gasteiger partial charge is 0.237 e. The molecule has 6 nitrogen and oxygen atoms in total. The number of hydrogen-bond donors (Lipinski definition) is 1. The van der Waals surface area contributed by atoms with Crippen LogP contribution >= 0.6 is 0 Å². The van der Waals surface area contributed by atoms with Crippen molar-refractivity contribution < 1.29 is 14.0 Å². The van der Waals surface area contributed by atoms with Gasteiger partial charge < -0.3 is 5.73 Å². The van der Waals surface area contributed by atoms with Gasteiger partial charge in [0.05, 0.1) is 23.9 Å². The average Bonchev–Trinajstić information content (AvgIpc) is 2.68. The molecule has 1 aromatic carbocycles. The number of amides is 1. The van der Waals surface area contributed by atoms with Crippen LogP contribution in [0.1, 0.15) is 6.42 Å². The number of Topliss-reactive ketones (excluding diaryl/α,β-unsaturated/α-hetero) is 1. The third kappa shape index (κ3) is 1.79. The second-order valence-corrected chi connectivity index (χ2v) is 4.24. The Labute approximate surface area is 107 Å². The van der Waals surface area contributed by atoms with Gasteiger partial charge in [-0.05, 0) is 12.1 Å². The SMILES string of the molecule is Nc1nc(N2CC(=O)CC2=O)nc2cccc(F)c12. The third-order valence-electron chi connectivity index (χ3n) is 2.91. The maximum Gasteiger partial charge on any atom is 0.237 e. The predicted molar refractivity (Wildman–Crippen MR) is 65.9 cm³/mol. The van der Waals surface area contributed by atoms with E-state index in [2.05, 4.69) is 9.97 Å². The lowest BCUT2D eigenvalue weighted by molar-refractivity contribution is -0.121. The van der Waals surface area contributed by atoms with Crippen molar-refractivity contribution in [1.29, 1.82) is 0 Å². The van der Waals surface area contributed by atoms with E-state index < -0.39 is 5.82 Å². The van der Waals surface area contributed by atoms with E-state index in [9.17, 15) is 14.0 Å². The van der Waals surface area contributed by atoms with Crippen LogP contribution in [-0.4, -0.2) is 28.2 Å². The van der Waals surface area contributed by atoms with E-state index in [1.165, 1.54) is 12.1 Å². The van der Waals surface area contributed by atoms with Crippen LogP contribution in [0.5, 0.6) is 0 Å². The Hall–Kier alpha value is -2.57. The van der Waals surface area contributed by atoms with Gasteiger partial charge in [0.1, 0.15) is 11.6 Å². The summed E-state index contributed by atoms with van der Waals surface area (Å²) in [6, 6.07) is 4.32. The van der Waals surface area contributed by atoms with Crippen LogP contribution in [0.2, 0.25) is 0 Å². The fourth-order valence-corrected chi connectivity index (χ4v) is 2.04. The molecule has 19 heavy (non-hydrogen) atoms. The molecule has 0 unspecified atom stereocenters. The van der Waals surface area contributed by atoms with Gasteiger partial charge >= 0.3 is 0 Å². The van der Waals surface area contributed by atoms with Gasteiger partial charge in [-0.2, -0.15) is 4.98 Å². The van der Waals surface area contributed by atoms with Crippen LogP contribution in [-0.2, 0) is 9.59 Å². The number of halogens is 1. The van der Waals surface area contributed by atoms with Crippen molar-refractivity contribution in [2.45, 2.75) is 6.42 Å². The van der Waals surface area contributed by atoms with Crippen LogP contribution in [0.4, 0.5) is 16.2 Å². The topological polar surface area (TPSA) is 89.2 Å². The van der Waals surface area contributed by atoms with Gasteiger partial charge in [-0.25, -0.2) is 9.37 Å². The maximum atomic E-state index is 13.6. The number of benzene rings is 1. The monoisotopic (exact) mass is 260 g/mol. The number of fused-ring (bicyclic) bond motifs is 1. The van der Waals surface area contributed by atoms with Crippen molar-refractivity contribution in [3.63, 3.8) is 0 Å². The minimum atomic E-state index is -0.523. The first-order valence-corrected chi connectivity index (χ1v) is 5.60. The van der Waals surface area contributed by atoms with Crippen molar-refractivity contribution in [3.05, 3.63) is 24.0 Å². The van der Waals surface area contributed by atoms with E-state index in [1.807, 2.05) is 0 Å². The molecule has 0 bridgehead atoms. The van der Waals surface area contributed by atoms with Crippen LogP contribution in [0.25, 0.3) is 10.9 Å². The fraction of sp³-hybridized carbons (Fsp3) is 0.167. The molecule has 2 aromatic rings. The zero-order valence-electron chi connectivity index (χ0n) is 9.76. The van der Waals surface area contributed by atoms with Gasteiger partial charge in [-0.3, -0.25) is 14.5 Å². The first kappa shape index (κ1) is 11.5. The van der Waals surface area contributed by atoms with Crippen LogP contribution in [0.15, 0.2) is 18.2 Å². The van der Waals surface area contributed by atoms with Gasteiger partial charge in [0.15, 0.2) is 5.78 Å². The summed E-state index contributed by atoms with van der Waals surface area (Å²) in [7, 11) is 0. The molecular weight excluding hydrogens is 251 g/mol. The fourth-order valence-electron chi connectivity index (χ4n) is 2.04. The van der Waals surface area contributed by atoms with Crippen molar-refractivity contribution >= 4 is 34.4 Å². The van der Waals surface area contributed by atoms with Crippen molar-refractivity contribution in [3.8, 4) is 0 Å². The summed E-state index contributed by atoms with van der Waals surface area (Å²) in [5, 5.41) is 0.115. The maximum absolute atomic E-state index is 13.6. The Balaban J connectivity index is 2.17. The molecular formula is C12H9FN4O2. The Morgan fingerprint density at radius 1 is 1.26 bits per heavy atom. The molecule has 1 aliphatic rings. The predicted octanol–water partition coefficient (Wildman–Crippen LogP) is 0.657. The van der Waals surface area contributed by atoms with Gasteiger partial charge in [0.25, 0.3) is 0 Å². The Bertz CT molecular complexity index is 716. The van der Waals surface area contributed by atoms with Crippen LogP contribution in [0, 0.1) is 5.82 Å². The number of ketones is 1. The Kier molecular flexibility index (Phi) is 2.41. The Morgan fingerprint density at radius 2 is 2.05 bits per heavy atom. The number of nitrogens with zero attached hydrogens (tertiary/aromatic N) is 3. The zero-order valence-corrected chi connectivity index (χ0v) is 9.76. The molecule has 1 aliphatic heterocycles. The summed E-state index contributed by atoms with van der Waals surface area (Å²) in [5.41, 5.74) is 5.99. The minimum absolute atomic E-state index is 0.0338. The number of anilines is 2. The molecule has 7 heteroatoms. The summed E-state index contributed by atoms with van der Waals surface area (Å²) in [6.45, 7) is -0.0703. The summed E-state index contributed by atoms with van der Waals surface area (Å²) in [5.74, 6) is -1.12. The highest BCUT2D eigenvalue weighted by Crippen LogP contribution is 2.25. The van der Waals surface area contributed by atoms with Crippen molar-refractivity contribution in [2.24, 2.45) is 0 Å². The van der Waals surface area contributed by atoms with E-state index in [1.54, 1.807) is 6.07 Å². The zero-order chi connectivity index (χ0) is 13.6. The molecule has 1 saturated heterocycles. The molecule has 1 fully saturated rings. The molecule has 0 atom stereocenters. The second-order valence-electron chi connectivity index (χ2n) is 4.24. The Morgan fingerprint density at radius 3 is 2.74 bits per heavy atom. The van der Waals surface area contributed by atoms with Gasteiger partial charge in [-0.15, -0.1) is 0 Å². The van der Waals surface area contributed by atoms with Crippen LogP contribution < -0.4 is 10.6 Å². The molecule has 2 N–H and O–H groups in total. The lowest BCUT2D eigenvalue weighted by Crippen LogP contribution is -2.27. The number of carbonyl (C=O) groups is 2. The number of carbonyl (C=O) groups excluding carboxylic acids is 2. The number of rotatable bonds is 1. The molecule has 0 aliphatic carbocycles. The van der Waals surface area contributed by atoms with Gasteiger partial charge in [-0.1, -0.05) is 6.07 Å². The van der Waals surface area contributed by atoms with Gasteiger partial charge in [0.2, 0.25) is 11.9 Å². The standard InChI is InChI=1S/C12H9FN4O2/c13-7-2-1-3-8-10(7)11(14)16-12(15-8)17-5-6(18)4-9(17)19/h1-3H,4-5H2,(H2,14,15,16). The minimum Gasteiger partial charge on any atom is -0.383 e. The lowest BCUT2D eigenvalue weighted by Gasteiger charge is -2.13. The molecule has 0 spiro atoms. The molecule has 1 aromatic heterocycles.